The number of aromatic nitrogens is 1. The SMILES string of the molecule is CCCC(C)C(C)(C)C(=O)OCCCCCCCCCCCOc1ccc2cc(-c3ccccc3OC(F)(F)F)c(=O)oc2n1. The summed E-state index contributed by atoms with van der Waals surface area (Å²) in [5, 5.41) is 0.445. The van der Waals surface area contributed by atoms with E-state index in [9.17, 15) is 22.8 Å². The normalized spacial score (nSPS) is 12.7. The van der Waals surface area contributed by atoms with Crippen LogP contribution in [-0.4, -0.2) is 30.5 Å². The van der Waals surface area contributed by atoms with Gasteiger partial charge < -0.3 is 18.6 Å². The van der Waals surface area contributed by atoms with Crippen molar-refractivity contribution in [2.24, 2.45) is 11.3 Å². The molecule has 10 heteroatoms. The smallest absolute Gasteiger partial charge is 0.478 e. The van der Waals surface area contributed by atoms with E-state index >= 15 is 0 Å². The Balaban J connectivity index is 1.31. The van der Waals surface area contributed by atoms with E-state index in [1.54, 1.807) is 12.1 Å². The van der Waals surface area contributed by atoms with Crippen LogP contribution in [0.1, 0.15) is 98.3 Å². The van der Waals surface area contributed by atoms with Crippen LogP contribution in [0, 0.1) is 11.3 Å². The van der Waals surface area contributed by atoms with Crippen LogP contribution in [0.5, 0.6) is 11.6 Å². The molecule has 45 heavy (non-hydrogen) atoms. The van der Waals surface area contributed by atoms with Crippen LogP contribution in [0.15, 0.2) is 51.7 Å². The summed E-state index contributed by atoms with van der Waals surface area (Å²) in [4.78, 5) is 29.3. The number of benzene rings is 1. The summed E-state index contributed by atoms with van der Waals surface area (Å²) < 4.78 is 59.1. The summed E-state index contributed by atoms with van der Waals surface area (Å²) in [6.45, 7) is 9.17. The molecular weight excluding hydrogens is 587 g/mol. The van der Waals surface area contributed by atoms with Gasteiger partial charge in [-0.3, -0.25) is 4.79 Å². The first-order valence-electron chi connectivity index (χ1n) is 16.0. The summed E-state index contributed by atoms with van der Waals surface area (Å²) in [7, 11) is 0. The van der Waals surface area contributed by atoms with Gasteiger partial charge in [-0.25, -0.2) is 4.79 Å². The van der Waals surface area contributed by atoms with Crippen molar-refractivity contribution in [1.82, 2.24) is 4.98 Å². The number of halogens is 3. The first-order valence-corrected chi connectivity index (χ1v) is 16.0. The van der Waals surface area contributed by atoms with Crippen molar-refractivity contribution >= 4 is 17.1 Å². The van der Waals surface area contributed by atoms with E-state index in [0.717, 1.165) is 63.9 Å². The molecule has 0 aliphatic heterocycles. The zero-order chi connectivity index (χ0) is 32.9. The third-order valence-corrected chi connectivity index (χ3v) is 8.23. The molecule has 2 heterocycles. The fraction of sp³-hybridized carbons (Fsp3) is 0.571. The predicted octanol–water partition coefficient (Wildman–Crippen LogP) is 9.65. The molecule has 7 nitrogen and oxygen atoms in total. The Labute approximate surface area is 263 Å². The Hall–Kier alpha value is -3.56. The third-order valence-electron chi connectivity index (χ3n) is 8.23. The molecule has 0 spiro atoms. The van der Waals surface area contributed by atoms with Gasteiger partial charge in [0.05, 0.1) is 24.2 Å². The van der Waals surface area contributed by atoms with Gasteiger partial charge in [0.15, 0.2) is 0 Å². The van der Waals surface area contributed by atoms with Crippen LogP contribution in [0.2, 0.25) is 0 Å². The minimum atomic E-state index is -4.90. The number of carbonyl (C=O) groups excluding carboxylic acids is 1. The minimum absolute atomic E-state index is 0.0273. The van der Waals surface area contributed by atoms with Crippen molar-refractivity contribution in [2.75, 3.05) is 13.2 Å². The Kier molecular flexibility index (Phi) is 13.7. The lowest BCUT2D eigenvalue weighted by Crippen LogP contribution is -2.33. The lowest BCUT2D eigenvalue weighted by molar-refractivity contribution is -0.274. The van der Waals surface area contributed by atoms with Crippen molar-refractivity contribution in [3.05, 3.63) is 52.9 Å². The average Bonchev–Trinajstić information content (AvgIpc) is 2.98. The maximum atomic E-state index is 12.8. The van der Waals surface area contributed by atoms with Gasteiger partial charge in [0.25, 0.3) is 0 Å². The molecular formula is C35H46F3NO6. The highest BCUT2D eigenvalue weighted by molar-refractivity contribution is 5.81. The number of unbranched alkanes of at least 4 members (excludes halogenated alkanes) is 8. The van der Waals surface area contributed by atoms with Gasteiger partial charge in [-0.1, -0.05) is 83.4 Å². The lowest BCUT2D eigenvalue weighted by atomic mass is 9.78. The molecule has 3 aromatic rings. The lowest BCUT2D eigenvalue weighted by Gasteiger charge is -2.29. The van der Waals surface area contributed by atoms with E-state index in [2.05, 4.69) is 23.6 Å². The zero-order valence-corrected chi connectivity index (χ0v) is 26.8. The summed E-state index contributed by atoms with van der Waals surface area (Å²) in [5.74, 6) is 0.0375. The van der Waals surface area contributed by atoms with Crippen molar-refractivity contribution in [1.29, 1.82) is 0 Å². The van der Waals surface area contributed by atoms with Gasteiger partial charge in [-0.2, -0.15) is 4.98 Å². The topological polar surface area (TPSA) is 87.9 Å². The quantitative estimate of drug-likeness (QED) is 0.0959. The van der Waals surface area contributed by atoms with Gasteiger partial charge in [-0.15, -0.1) is 13.2 Å². The van der Waals surface area contributed by atoms with E-state index in [-0.39, 0.29) is 22.8 Å². The first-order chi connectivity index (χ1) is 21.4. The molecule has 0 saturated heterocycles. The van der Waals surface area contributed by atoms with Crippen LogP contribution in [0.3, 0.4) is 0 Å². The second-order valence-corrected chi connectivity index (χ2v) is 12.1. The molecule has 1 aromatic carbocycles. The fourth-order valence-electron chi connectivity index (χ4n) is 5.12. The van der Waals surface area contributed by atoms with E-state index < -0.39 is 23.2 Å². The molecule has 248 valence electrons. The number of para-hydroxylation sites is 1. The molecule has 2 aromatic heterocycles. The molecule has 0 aliphatic carbocycles. The summed E-state index contributed by atoms with van der Waals surface area (Å²) in [5.41, 5.74) is -1.31. The Bertz CT molecular complexity index is 1420. The first kappa shape index (κ1) is 35.9. The molecule has 3 rings (SSSR count). The van der Waals surface area contributed by atoms with E-state index in [1.807, 2.05) is 13.8 Å². The highest BCUT2D eigenvalue weighted by atomic mass is 19.4. The van der Waals surface area contributed by atoms with Crippen LogP contribution in [0.4, 0.5) is 13.2 Å². The molecule has 1 unspecified atom stereocenters. The van der Waals surface area contributed by atoms with Gasteiger partial charge >= 0.3 is 18.0 Å². The largest absolute Gasteiger partial charge is 0.573 e. The molecule has 0 amide bonds. The van der Waals surface area contributed by atoms with Gasteiger partial charge in [0.1, 0.15) is 5.75 Å². The Morgan fingerprint density at radius 3 is 2.16 bits per heavy atom. The Morgan fingerprint density at radius 1 is 0.889 bits per heavy atom. The molecule has 0 saturated carbocycles. The molecule has 0 fully saturated rings. The Morgan fingerprint density at radius 2 is 1.51 bits per heavy atom. The summed E-state index contributed by atoms with van der Waals surface area (Å²) >= 11 is 0. The highest BCUT2D eigenvalue weighted by Gasteiger charge is 2.35. The number of carbonyl (C=O) groups is 1. The summed E-state index contributed by atoms with van der Waals surface area (Å²) in [6.07, 6.45) is 6.76. The minimum Gasteiger partial charge on any atom is -0.478 e. The van der Waals surface area contributed by atoms with E-state index in [1.165, 1.54) is 37.1 Å². The van der Waals surface area contributed by atoms with Crippen molar-refractivity contribution in [3.63, 3.8) is 0 Å². The number of hydrogen-bond acceptors (Lipinski definition) is 7. The molecule has 0 N–H and O–H groups in total. The number of ether oxygens (including phenoxy) is 3. The number of esters is 1. The predicted molar refractivity (Wildman–Crippen MR) is 168 cm³/mol. The maximum absolute atomic E-state index is 12.8. The van der Waals surface area contributed by atoms with Crippen molar-refractivity contribution < 1.29 is 36.6 Å². The molecule has 0 radical (unpaired) electrons. The van der Waals surface area contributed by atoms with E-state index in [0.29, 0.717) is 30.4 Å². The number of nitrogens with zero attached hydrogens (tertiary/aromatic N) is 1. The number of pyridine rings is 1. The maximum Gasteiger partial charge on any atom is 0.573 e. The molecule has 0 aliphatic rings. The monoisotopic (exact) mass is 633 g/mol. The second-order valence-electron chi connectivity index (χ2n) is 12.1. The third kappa shape index (κ3) is 11.4. The average molecular weight is 634 g/mol. The fourth-order valence-corrected chi connectivity index (χ4v) is 5.12. The molecule has 0 bridgehead atoms. The van der Waals surface area contributed by atoms with Gasteiger partial charge in [0.2, 0.25) is 11.6 Å². The number of hydrogen-bond donors (Lipinski definition) is 0. The summed E-state index contributed by atoms with van der Waals surface area (Å²) in [6, 6.07) is 10.1. The standard InChI is InChI=1S/C35H46F3NO6/c1-5-17-25(2)34(3,4)33(41)43-23-16-12-10-8-6-7-9-11-15-22-42-30-21-20-26-24-28(32(40)44-31(26)39-30)27-18-13-14-19-29(27)45-35(36,37)38/h13-14,18-21,24-25H,5-12,15-17,22-23H2,1-4H3. The second kappa shape index (κ2) is 17.2. The number of alkyl halides is 3. The number of rotatable bonds is 19. The van der Waals surface area contributed by atoms with Gasteiger partial charge in [-0.05, 0) is 57.2 Å². The highest BCUT2D eigenvalue weighted by Crippen LogP contribution is 2.34. The van der Waals surface area contributed by atoms with Crippen LogP contribution < -0.4 is 15.1 Å². The van der Waals surface area contributed by atoms with Crippen molar-refractivity contribution in [2.45, 2.75) is 105 Å². The molecule has 1 atom stereocenters. The van der Waals surface area contributed by atoms with Crippen LogP contribution >= 0.6 is 0 Å². The van der Waals surface area contributed by atoms with Crippen molar-refractivity contribution in [3.8, 4) is 22.8 Å². The van der Waals surface area contributed by atoms with Gasteiger partial charge in [0, 0.05) is 17.0 Å². The zero-order valence-electron chi connectivity index (χ0n) is 26.8. The van der Waals surface area contributed by atoms with Crippen LogP contribution in [0.25, 0.3) is 22.2 Å². The van der Waals surface area contributed by atoms with E-state index in [4.69, 9.17) is 13.9 Å². The van der Waals surface area contributed by atoms with Crippen LogP contribution in [-0.2, 0) is 9.53 Å². The number of fused-ring (bicyclic) bond motifs is 1.